The molecule has 1 aromatic rings. The Kier molecular flexibility index (Phi) is 4.27. The number of halogens is 1. The highest BCUT2D eigenvalue weighted by atomic mass is 79.9. The SMILES string of the molecule is C[C@@H](CN)NS(=O)(=O)c1ccc(Br)cc1. The molecule has 0 bridgehead atoms. The summed E-state index contributed by atoms with van der Waals surface area (Å²) in [5.74, 6) is 0. The zero-order chi connectivity index (χ0) is 11.5. The van der Waals surface area contributed by atoms with Crippen LogP contribution in [-0.4, -0.2) is 21.0 Å². The molecule has 0 saturated heterocycles. The van der Waals surface area contributed by atoms with Crippen molar-refractivity contribution >= 4 is 26.0 Å². The molecule has 0 aliphatic heterocycles. The fourth-order valence-corrected chi connectivity index (χ4v) is 2.52. The summed E-state index contributed by atoms with van der Waals surface area (Å²) in [6, 6.07) is 6.17. The molecule has 0 fully saturated rings. The topological polar surface area (TPSA) is 72.2 Å². The average molecular weight is 293 g/mol. The van der Waals surface area contributed by atoms with Crippen molar-refractivity contribution in [3.8, 4) is 0 Å². The zero-order valence-electron chi connectivity index (χ0n) is 8.27. The predicted molar refractivity (Wildman–Crippen MR) is 63.0 cm³/mol. The minimum absolute atomic E-state index is 0.242. The van der Waals surface area contributed by atoms with Gasteiger partial charge in [0.1, 0.15) is 0 Å². The number of benzene rings is 1. The van der Waals surface area contributed by atoms with Crippen molar-refractivity contribution in [1.29, 1.82) is 0 Å². The van der Waals surface area contributed by atoms with Crippen LogP contribution in [0.5, 0.6) is 0 Å². The molecule has 15 heavy (non-hydrogen) atoms. The van der Waals surface area contributed by atoms with E-state index in [1.54, 1.807) is 19.1 Å². The molecule has 0 aliphatic rings. The molecule has 3 N–H and O–H groups in total. The lowest BCUT2D eigenvalue weighted by Crippen LogP contribution is -2.37. The Morgan fingerprint density at radius 2 is 1.93 bits per heavy atom. The highest BCUT2D eigenvalue weighted by Gasteiger charge is 2.15. The van der Waals surface area contributed by atoms with Gasteiger partial charge in [0, 0.05) is 17.1 Å². The molecule has 0 aliphatic carbocycles. The van der Waals surface area contributed by atoms with E-state index in [2.05, 4.69) is 20.7 Å². The lowest BCUT2D eigenvalue weighted by molar-refractivity contribution is 0.562. The Morgan fingerprint density at radius 1 is 1.40 bits per heavy atom. The maximum atomic E-state index is 11.7. The molecule has 0 unspecified atom stereocenters. The van der Waals surface area contributed by atoms with Gasteiger partial charge in [0.15, 0.2) is 0 Å². The van der Waals surface area contributed by atoms with E-state index >= 15 is 0 Å². The Morgan fingerprint density at radius 3 is 2.40 bits per heavy atom. The van der Waals surface area contributed by atoms with Crippen molar-refractivity contribution in [3.63, 3.8) is 0 Å². The van der Waals surface area contributed by atoms with Crippen LogP contribution in [-0.2, 0) is 10.0 Å². The lowest BCUT2D eigenvalue weighted by atomic mass is 10.4. The number of hydrogen-bond acceptors (Lipinski definition) is 3. The minimum Gasteiger partial charge on any atom is -0.329 e. The van der Waals surface area contributed by atoms with E-state index in [0.29, 0.717) is 0 Å². The first kappa shape index (κ1) is 12.6. The van der Waals surface area contributed by atoms with Gasteiger partial charge in [0.05, 0.1) is 4.90 Å². The van der Waals surface area contributed by atoms with Crippen LogP contribution in [0.2, 0.25) is 0 Å². The van der Waals surface area contributed by atoms with Crippen molar-refractivity contribution in [2.24, 2.45) is 5.73 Å². The van der Waals surface area contributed by atoms with Crippen LogP contribution >= 0.6 is 15.9 Å². The van der Waals surface area contributed by atoms with Crippen LogP contribution in [0.25, 0.3) is 0 Å². The minimum atomic E-state index is -3.44. The second-order valence-electron chi connectivity index (χ2n) is 3.21. The van der Waals surface area contributed by atoms with Crippen molar-refractivity contribution in [1.82, 2.24) is 4.72 Å². The van der Waals surface area contributed by atoms with Gasteiger partial charge >= 0.3 is 0 Å². The van der Waals surface area contributed by atoms with Gasteiger partial charge in [-0.05, 0) is 31.2 Å². The smallest absolute Gasteiger partial charge is 0.240 e. The van der Waals surface area contributed by atoms with E-state index in [1.807, 2.05) is 0 Å². The molecule has 0 saturated carbocycles. The van der Waals surface area contributed by atoms with Crippen LogP contribution in [0.1, 0.15) is 6.92 Å². The molecule has 0 amide bonds. The van der Waals surface area contributed by atoms with Gasteiger partial charge < -0.3 is 5.73 Å². The summed E-state index contributed by atoms with van der Waals surface area (Å²) in [5.41, 5.74) is 5.35. The molecule has 0 spiro atoms. The maximum absolute atomic E-state index is 11.7. The molecule has 84 valence electrons. The average Bonchev–Trinajstić information content (AvgIpc) is 2.17. The molecule has 4 nitrogen and oxygen atoms in total. The van der Waals surface area contributed by atoms with E-state index in [0.717, 1.165) is 4.47 Å². The summed E-state index contributed by atoms with van der Waals surface area (Å²) < 4.78 is 26.8. The predicted octanol–water partition coefficient (Wildman–Crippen LogP) is 1.07. The molecule has 1 atom stereocenters. The number of nitrogens with one attached hydrogen (secondary N) is 1. The maximum Gasteiger partial charge on any atom is 0.240 e. The standard InChI is InChI=1S/C9H13BrN2O2S/c1-7(6-11)12-15(13,14)9-4-2-8(10)3-5-9/h2-5,7,12H,6,11H2,1H3/t7-/m0/s1. The normalized spacial score (nSPS) is 13.8. The van der Waals surface area contributed by atoms with Gasteiger partial charge in [-0.25, -0.2) is 13.1 Å². The third-order valence-electron chi connectivity index (χ3n) is 1.83. The Labute approximate surface area is 98.0 Å². The van der Waals surface area contributed by atoms with Crippen molar-refractivity contribution in [2.45, 2.75) is 17.9 Å². The third kappa shape index (κ3) is 3.57. The van der Waals surface area contributed by atoms with E-state index in [9.17, 15) is 8.42 Å². The highest BCUT2D eigenvalue weighted by molar-refractivity contribution is 9.10. The van der Waals surface area contributed by atoms with Gasteiger partial charge in [-0.1, -0.05) is 15.9 Å². The fraction of sp³-hybridized carbons (Fsp3) is 0.333. The summed E-state index contributed by atoms with van der Waals surface area (Å²) in [6.45, 7) is 1.99. The zero-order valence-corrected chi connectivity index (χ0v) is 10.7. The van der Waals surface area contributed by atoms with E-state index in [4.69, 9.17) is 5.73 Å². The molecular formula is C9H13BrN2O2S. The Bertz CT molecular complexity index is 416. The van der Waals surface area contributed by atoms with E-state index in [1.165, 1.54) is 12.1 Å². The van der Waals surface area contributed by atoms with Crippen LogP contribution in [0.15, 0.2) is 33.6 Å². The Balaban J connectivity index is 2.91. The second kappa shape index (κ2) is 5.07. The van der Waals surface area contributed by atoms with Crippen LogP contribution in [0.3, 0.4) is 0 Å². The van der Waals surface area contributed by atoms with E-state index < -0.39 is 10.0 Å². The van der Waals surface area contributed by atoms with Crippen LogP contribution in [0.4, 0.5) is 0 Å². The first-order valence-corrected chi connectivity index (χ1v) is 6.71. The van der Waals surface area contributed by atoms with Gasteiger partial charge in [0.2, 0.25) is 10.0 Å². The molecule has 0 heterocycles. The second-order valence-corrected chi connectivity index (χ2v) is 5.84. The summed E-state index contributed by atoms with van der Waals surface area (Å²) in [7, 11) is -3.44. The number of rotatable bonds is 4. The molecule has 1 rings (SSSR count). The van der Waals surface area contributed by atoms with Crippen LogP contribution < -0.4 is 10.5 Å². The summed E-state index contributed by atoms with van der Waals surface area (Å²) in [5, 5.41) is 0. The molecule has 6 heteroatoms. The quantitative estimate of drug-likeness (QED) is 0.872. The monoisotopic (exact) mass is 292 g/mol. The third-order valence-corrected chi connectivity index (χ3v) is 3.97. The number of hydrogen-bond donors (Lipinski definition) is 2. The largest absolute Gasteiger partial charge is 0.329 e. The number of nitrogens with two attached hydrogens (primary N) is 1. The molecular weight excluding hydrogens is 280 g/mol. The van der Waals surface area contributed by atoms with Crippen molar-refractivity contribution in [2.75, 3.05) is 6.54 Å². The highest BCUT2D eigenvalue weighted by Crippen LogP contribution is 2.14. The molecule has 0 radical (unpaired) electrons. The number of sulfonamides is 1. The van der Waals surface area contributed by atoms with Gasteiger partial charge in [0.25, 0.3) is 0 Å². The van der Waals surface area contributed by atoms with E-state index in [-0.39, 0.29) is 17.5 Å². The Hall–Kier alpha value is -0.430. The first-order chi connectivity index (χ1) is 6.95. The summed E-state index contributed by atoms with van der Waals surface area (Å²) in [4.78, 5) is 0.242. The first-order valence-electron chi connectivity index (χ1n) is 4.43. The van der Waals surface area contributed by atoms with Crippen molar-refractivity contribution in [3.05, 3.63) is 28.7 Å². The summed E-state index contributed by atoms with van der Waals surface area (Å²) in [6.07, 6.45) is 0. The summed E-state index contributed by atoms with van der Waals surface area (Å²) >= 11 is 3.24. The molecule has 0 aromatic heterocycles. The van der Waals surface area contributed by atoms with Gasteiger partial charge in [-0.15, -0.1) is 0 Å². The van der Waals surface area contributed by atoms with Gasteiger partial charge in [-0.3, -0.25) is 0 Å². The van der Waals surface area contributed by atoms with Crippen LogP contribution in [0, 0.1) is 0 Å². The lowest BCUT2D eigenvalue weighted by Gasteiger charge is -2.11. The van der Waals surface area contributed by atoms with Gasteiger partial charge in [-0.2, -0.15) is 0 Å². The van der Waals surface area contributed by atoms with Crippen molar-refractivity contribution < 1.29 is 8.42 Å². The molecule has 1 aromatic carbocycles. The fourth-order valence-electron chi connectivity index (χ4n) is 0.995.